The normalized spacial score (nSPS) is 17.3. The molecule has 1 atom stereocenters. The van der Waals surface area contributed by atoms with Crippen LogP contribution in [0, 0.1) is 0 Å². The van der Waals surface area contributed by atoms with E-state index in [1.165, 1.54) is 6.42 Å². The van der Waals surface area contributed by atoms with Gasteiger partial charge in [0.15, 0.2) is 0 Å². The number of likely N-dealkylation sites (tertiary alicyclic amines) is 1. The van der Waals surface area contributed by atoms with Crippen LogP contribution in [0.4, 0.5) is 0 Å². The minimum atomic E-state index is 0.189. The van der Waals surface area contributed by atoms with E-state index in [0.29, 0.717) is 12.3 Å². The third-order valence-electron chi connectivity index (χ3n) is 5.13. The second kappa shape index (κ2) is 8.88. The fraction of sp³-hybridized carbons (Fsp3) is 0.524. The number of carbonyl (C=O) groups is 1. The fourth-order valence-electron chi connectivity index (χ4n) is 3.68. The number of ether oxygens (including phenoxy) is 1. The van der Waals surface area contributed by atoms with E-state index in [9.17, 15) is 4.79 Å². The molecule has 140 valence electrons. The lowest BCUT2D eigenvalue weighted by molar-refractivity contribution is -0.131. The molecule has 5 nitrogen and oxygen atoms in total. The summed E-state index contributed by atoms with van der Waals surface area (Å²) in [6, 6.07) is 7.77. The molecule has 1 fully saturated rings. The van der Waals surface area contributed by atoms with Crippen molar-refractivity contribution < 1.29 is 9.53 Å². The molecule has 1 aliphatic rings. The second-order valence-electron chi connectivity index (χ2n) is 7.04. The van der Waals surface area contributed by atoms with Gasteiger partial charge in [0.25, 0.3) is 0 Å². The summed E-state index contributed by atoms with van der Waals surface area (Å²) in [7, 11) is 1.65. The Morgan fingerprint density at radius 1 is 1.38 bits per heavy atom. The number of aryl methyl sites for hydroxylation is 1. The van der Waals surface area contributed by atoms with Crippen LogP contribution in [-0.2, 0) is 17.8 Å². The van der Waals surface area contributed by atoms with E-state index in [1.807, 2.05) is 35.4 Å². The van der Waals surface area contributed by atoms with Gasteiger partial charge in [-0.05, 0) is 37.0 Å². The van der Waals surface area contributed by atoms with Gasteiger partial charge in [-0.25, -0.2) is 4.98 Å². The maximum absolute atomic E-state index is 12.8. The lowest BCUT2D eigenvalue weighted by Gasteiger charge is -2.33. The van der Waals surface area contributed by atoms with Crippen LogP contribution < -0.4 is 4.74 Å². The van der Waals surface area contributed by atoms with E-state index in [0.717, 1.165) is 56.0 Å². The number of carbonyl (C=O) groups excluding carboxylic acids is 1. The average molecular weight is 355 g/mol. The standard InChI is InChI=1S/C21H29N3O2/c1-3-4-11-23-13-10-22-21(23)18-8-6-12-24(16-18)20(25)15-17-7-5-9-19(14-17)26-2/h5,7,9-10,13-14,18H,3-4,6,8,11-12,15-16H2,1-2H3/t18-/m1/s1. The van der Waals surface area contributed by atoms with Gasteiger partial charge in [-0.2, -0.15) is 0 Å². The molecular formula is C21H29N3O2. The van der Waals surface area contributed by atoms with Crippen LogP contribution in [0.5, 0.6) is 5.75 Å². The Balaban J connectivity index is 1.64. The molecule has 0 bridgehead atoms. The van der Waals surface area contributed by atoms with E-state index >= 15 is 0 Å². The van der Waals surface area contributed by atoms with Gasteiger partial charge in [0, 0.05) is 37.9 Å². The smallest absolute Gasteiger partial charge is 0.227 e. The number of benzene rings is 1. The van der Waals surface area contributed by atoms with Gasteiger partial charge >= 0.3 is 0 Å². The van der Waals surface area contributed by atoms with Crippen LogP contribution in [-0.4, -0.2) is 40.6 Å². The first-order valence-electron chi connectivity index (χ1n) is 9.63. The molecule has 5 heteroatoms. The predicted molar refractivity (Wildman–Crippen MR) is 102 cm³/mol. The molecule has 1 amide bonds. The van der Waals surface area contributed by atoms with Crippen molar-refractivity contribution in [3.05, 3.63) is 48.0 Å². The Morgan fingerprint density at radius 2 is 2.27 bits per heavy atom. The van der Waals surface area contributed by atoms with Crippen LogP contribution in [0.15, 0.2) is 36.7 Å². The molecule has 0 N–H and O–H groups in total. The first-order valence-corrected chi connectivity index (χ1v) is 9.63. The Morgan fingerprint density at radius 3 is 3.08 bits per heavy atom. The number of nitrogens with zero attached hydrogens (tertiary/aromatic N) is 3. The lowest BCUT2D eigenvalue weighted by Crippen LogP contribution is -2.40. The summed E-state index contributed by atoms with van der Waals surface area (Å²) in [5, 5.41) is 0. The molecule has 2 heterocycles. The second-order valence-corrected chi connectivity index (χ2v) is 7.04. The van der Waals surface area contributed by atoms with Crippen LogP contribution in [0.3, 0.4) is 0 Å². The summed E-state index contributed by atoms with van der Waals surface area (Å²) in [6.07, 6.45) is 8.86. The molecule has 0 spiro atoms. The molecule has 1 aromatic carbocycles. The Kier molecular flexibility index (Phi) is 6.31. The molecule has 26 heavy (non-hydrogen) atoms. The molecule has 3 rings (SSSR count). The van der Waals surface area contributed by atoms with E-state index in [4.69, 9.17) is 4.74 Å². The highest BCUT2D eigenvalue weighted by atomic mass is 16.5. The zero-order chi connectivity index (χ0) is 18.4. The topological polar surface area (TPSA) is 47.4 Å². The van der Waals surface area contributed by atoms with Gasteiger partial charge in [0.2, 0.25) is 5.91 Å². The molecule has 2 aromatic rings. The van der Waals surface area contributed by atoms with Crippen molar-refractivity contribution in [1.29, 1.82) is 0 Å². The molecule has 0 saturated carbocycles. The molecule has 0 unspecified atom stereocenters. The number of unbranched alkanes of at least 4 members (excludes halogenated alkanes) is 1. The molecule has 0 aliphatic carbocycles. The molecule has 1 aliphatic heterocycles. The number of amides is 1. The number of hydrogen-bond donors (Lipinski definition) is 0. The minimum absolute atomic E-state index is 0.189. The molecule has 0 radical (unpaired) electrons. The molecule has 1 aromatic heterocycles. The summed E-state index contributed by atoms with van der Waals surface area (Å²) < 4.78 is 7.53. The third-order valence-corrected chi connectivity index (χ3v) is 5.13. The molecule has 1 saturated heterocycles. The highest BCUT2D eigenvalue weighted by molar-refractivity contribution is 5.79. The summed E-state index contributed by atoms with van der Waals surface area (Å²) in [5.74, 6) is 2.46. The molecular weight excluding hydrogens is 326 g/mol. The highest BCUT2D eigenvalue weighted by Gasteiger charge is 2.27. The minimum Gasteiger partial charge on any atom is -0.497 e. The Labute approximate surface area is 156 Å². The SMILES string of the molecule is CCCCn1ccnc1[C@@H]1CCCN(C(=O)Cc2cccc(OC)c2)C1. The van der Waals surface area contributed by atoms with Crippen molar-refractivity contribution in [2.45, 2.75) is 51.5 Å². The fourth-order valence-corrected chi connectivity index (χ4v) is 3.68. The summed E-state index contributed by atoms with van der Waals surface area (Å²) in [4.78, 5) is 19.4. The Hall–Kier alpha value is -2.30. The van der Waals surface area contributed by atoms with Gasteiger partial charge in [-0.1, -0.05) is 25.5 Å². The van der Waals surface area contributed by atoms with Crippen molar-refractivity contribution in [3.63, 3.8) is 0 Å². The predicted octanol–water partition coefficient (Wildman–Crippen LogP) is 3.64. The van der Waals surface area contributed by atoms with Crippen LogP contribution in [0.25, 0.3) is 0 Å². The average Bonchev–Trinajstić information content (AvgIpc) is 3.15. The number of rotatable bonds is 7. The quantitative estimate of drug-likeness (QED) is 0.762. The monoisotopic (exact) mass is 355 g/mol. The van der Waals surface area contributed by atoms with Crippen molar-refractivity contribution in [2.24, 2.45) is 0 Å². The van der Waals surface area contributed by atoms with Crippen molar-refractivity contribution in [2.75, 3.05) is 20.2 Å². The lowest BCUT2D eigenvalue weighted by atomic mass is 9.96. The largest absolute Gasteiger partial charge is 0.497 e. The zero-order valence-corrected chi connectivity index (χ0v) is 15.9. The maximum atomic E-state index is 12.8. The summed E-state index contributed by atoms with van der Waals surface area (Å²) in [5.41, 5.74) is 1.00. The highest BCUT2D eigenvalue weighted by Crippen LogP contribution is 2.26. The Bertz CT molecular complexity index is 726. The maximum Gasteiger partial charge on any atom is 0.227 e. The summed E-state index contributed by atoms with van der Waals surface area (Å²) >= 11 is 0. The van der Waals surface area contributed by atoms with Crippen molar-refractivity contribution in [3.8, 4) is 5.75 Å². The van der Waals surface area contributed by atoms with Crippen LogP contribution >= 0.6 is 0 Å². The van der Waals surface area contributed by atoms with Crippen molar-refractivity contribution in [1.82, 2.24) is 14.5 Å². The van der Waals surface area contributed by atoms with E-state index in [-0.39, 0.29) is 5.91 Å². The van der Waals surface area contributed by atoms with Gasteiger partial charge in [0.1, 0.15) is 11.6 Å². The van der Waals surface area contributed by atoms with E-state index in [2.05, 4.69) is 22.7 Å². The van der Waals surface area contributed by atoms with Crippen LogP contribution in [0.1, 0.15) is 49.9 Å². The number of hydrogen-bond acceptors (Lipinski definition) is 3. The summed E-state index contributed by atoms with van der Waals surface area (Å²) in [6.45, 7) is 4.83. The van der Waals surface area contributed by atoms with E-state index < -0.39 is 0 Å². The van der Waals surface area contributed by atoms with Gasteiger partial charge < -0.3 is 14.2 Å². The zero-order valence-electron chi connectivity index (χ0n) is 15.9. The van der Waals surface area contributed by atoms with E-state index in [1.54, 1.807) is 7.11 Å². The first kappa shape index (κ1) is 18.5. The third kappa shape index (κ3) is 4.45. The van der Waals surface area contributed by atoms with Gasteiger partial charge in [-0.3, -0.25) is 4.79 Å². The number of aromatic nitrogens is 2. The van der Waals surface area contributed by atoms with Gasteiger partial charge in [0.05, 0.1) is 13.5 Å². The first-order chi connectivity index (χ1) is 12.7. The van der Waals surface area contributed by atoms with Crippen molar-refractivity contribution >= 4 is 5.91 Å². The number of methoxy groups -OCH3 is 1. The van der Waals surface area contributed by atoms with Crippen LogP contribution in [0.2, 0.25) is 0 Å². The van der Waals surface area contributed by atoms with Gasteiger partial charge in [-0.15, -0.1) is 0 Å². The number of imidazole rings is 1. The number of piperidine rings is 1.